The first-order valence-corrected chi connectivity index (χ1v) is 10.7. The van der Waals surface area contributed by atoms with E-state index in [4.69, 9.17) is 0 Å². The van der Waals surface area contributed by atoms with Crippen LogP contribution in [0.2, 0.25) is 0 Å². The zero-order valence-electron chi connectivity index (χ0n) is 20.5. The summed E-state index contributed by atoms with van der Waals surface area (Å²) in [5.74, 6) is 0.909. The van der Waals surface area contributed by atoms with Crippen molar-refractivity contribution < 1.29 is 9.59 Å². The first kappa shape index (κ1) is 30.2. The Morgan fingerprint density at radius 1 is 0.583 bits per heavy atom. The highest BCUT2D eigenvalue weighted by Crippen LogP contribution is 2.15. The molecule has 0 unspecified atom stereocenters. The Bertz CT molecular complexity index is 1150. The summed E-state index contributed by atoms with van der Waals surface area (Å²) >= 11 is 0. The molecular formula is C26H30Cl2N6O2. The van der Waals surface area contributed by atoms with Crippen molar-refractivity contribution in [2.45, 2.75) is 0 Å². The van der Waals surface area contributed by atoms with Crippen LogP contribution in [0.25, 0.3) is 0 Å². The normalized spacial score (nSPS) is 10.9. The molecule has 0 atom stereocenters. The number of aliphatic imine (C=N–C) groups is 2. The molecule has 3 aromatic rings. The van der Waals surface area contributed by atoms with Crippen LogP contribution in [0, 0.1) is 0 Å². The first-order chi connectivity index (χ1) is 16.5. The molecule has 0 aromatic heterocycles. The highest BCUT2D eigenvalue weighted by atomic mass is 35.5. The SMILES string of the molecule is CN=C(NC)c1cccc(NC(=O)c2ccc(C(=O)Nc3cccc(C(=NC)NC)c3)cc2)c1.Cl.Cl. The molecule has 0 heterocycles. The second kappa shape index (κ2) is 14.5. The fourth-order valence-electron chi connectivity index (χ4n) is 3.44. The van der Waals surface area contributed by atoms with Crippen molar-refractivity contribution in [3.05, 3.63) is 95.1 Å². The van der Waals surface area contributed by atoms with Gasteiger partial charge in [-0.25, -0.2) is 0 Å². The van der Waals surface area contributed by atoms with E-state index in [1.807, 2.05) is 48.5 Å². The summed E-state index contributed by atoms with van der Waals surface area (Å²) in [5.41, 5.74) is 3.92. The molecule has 0 saturated heterocycles. The topological polar surface area (TPSA) is 107 Å². The standard InChI is InChI=1S/C26H28N6O2.2ClH/c1-27-23(28-2)19-7-5-9-21(15-19)31-25(33)17-11-13-18(14-12-17)26(34)32-22-10-6-8-20(16-22)24(29-3)30-4;;/h5-16H,1-4H3,(H,27,28)(H,29,30)(H,31,33)(H,32,34);2*1H. The zero-order chi connectivity index (χ0) is 24.5. The Hall–Kier alpha value is -3.88. The summed E-state index contributed by atoms with van der Waals surface area (Å²) in [7, 11) is 6.98. The van der Waals surface area contributed by atoms with Gasteiger partial charge in [0.1, 0.15) is 11.7 Å². The van der Waals surface area contributed by atoms with Crippen molar-refractivity contribution >= 4 is 59.7 Å². The number of nitrogens with zero attached hydrogens (tertiary/aromatic N) is 2. The quantitative estimate of drug-likeness (QED) is 0.283. The molecule has 0 saturated carbocycles. The maximum Gasteiger partial charge on any atom is 0.255 e. The molecule has 2 amide bonds. The predicted octanol–water partition coefficient (Wildman–Crippen LogP) is 4.23. The molecule has 0 aliphatic carbocycles. The van der Waals surface area contributed by atoms with Crippen molar-refractivity contribution in [2.24, 2.45) is 9.98 Å². The summed E-state index contributed by atoms with van der Waals surface area (Å²) in [6.45, 7) is 0. The Morgan fingerprint density at radius 3 is 1.25 bits per heavy atom. The molecule has 3 rings (SSSR count). The van der Waals surface area contributed by atoms with E-state index in [0.29, 0.717) is 22.5 Å². The summed E-state index contributed by atoms with van der Waals surface area (Å²) in [4.78, 5) is 33.7. The van der Waals surface area contributed by atoms with E-state index < -0.39 is 0 Å². The van der Waals surface area contributed by atoms with E-state index in [0.717, 1.165) is 22.8 Å². The fraction of sp³-hybridized carbons (Fsp3) is 0.154. The lowest BCUT2D eigenvalue weighted by Gasteiger charge is -2.10. The Balaban J connectivity index is 0.00000324. The summed E-state index contributed by atoms with van der Waals surface area (Å²) in [5, 5.41) is 11.8. The van der Waals surface area contributed by atoms with E-state index in [1.54, 1.807) is 52.5 Å². The molecule has 190 valence electrons. The molecule has 0 spiro atoms. The monoisotopic (exact) mass is 528 g/mol. The van der Waals surface area contributed by atoms with Crippen LogP contribution in [0.4, 0.5) is 11.4 Å². The van der Waals surface area contributed by atoms with Crippen molar-refractivity contribution in [1.82, 2.24) is 10.6 Å². The highest BCUT2D eigenvalue weighted by molar-refractivity contribution is 6.08. The molecule has 36 heavy (non-hydrogen) atoms. The van der Waals surface area contributed by atoms with Crippen LogP contribution in [-0.4, -0.2) is 51.7 Å². The Kier molecular flexibility index (Phi) is 12.1. The molecule has 0 aliphatic rings. The number of amidine groups is 2. The van der Waals surface area contributed by atoms with Crippen LogP contribution in [-0.2, 0) is 0 Å². The van der Waals surface area contributed by atoms with E-state index in [1.165, 1.54) is 0 Å². The number of carbonyl (C=O) groups is 2. The predicted molar refractivity (Wildman–Crippen MR) is 153 cm³/mol. The number of carbonyl (C=O) groups excluding carboxylic acids is 2. The molecule has 0 radical (unpaired) electrons. The van der Waals surface area contributed by atoms with Gasteiger partial charge in [-0.1, -0.05) is 24.3 Å². The van der Waals surface area contributed by atoms with Crippen LogP contribution < -0.4 is 21.3 Å². The van der Waals surface area contributed by atoms with Crippen molar-refractivity contribution in [2.75, 3.05) is 38.8 Å². The largest absolute Gasteiger partial charge is 0.373 e. The van der Waals surface area contributed by atoms with Crippen LogP contribution in [0.15, 0.2) is 82.8 Å². The van der Waals surface area contributed by atoms with E-state index >= 15 is 0 Å². The van der Waals surface area contributed by atoms with Gasteiger partial charge in [0.15, 0.2) is 0 Å². The third kappa shape index (κ3) is 7.56. The van der Waals surface area contributed by atoms with E-state index in [9.17, 15) is 9.59 Å². The second-order valence-electron chi connectivity index (χ2n) is 7.29. The van der Waals surface area contributed by atoms with E-state index in [2.05, 4.69) is 31.3 Å². The summed E-state index contributed by atoms with van der Waals surface area (Å²) in [6.07, 6.45) is 0. The minimum atomic E-state index is -0.269. The minimum Gasteiger partial charge on any atom is -0.373 e. The number of benzene rings is 3. The number of anilines is 2. The smallest absolute Gasteiger partial charge is 0.255 e. The van der Waals surface area contributed by atoms with Gasteiger partial charge in [0.05, 0.1) is 0 Å². The number of nitrogens with one attached hydrogen (secondary N) is 4. The molecule has 3 aromatic carbocycles. The highest BCUT2D eigenvalue weighted by Gasteiger charge is 2.11. The summed E-state index contributed by atoms with van der Waals surface area (Å²) < 4.78 is 0. The molecule has 0 fully saturated rings. The van der Waals surface area contributed by atoms with Gasteiger partial charge >= 0.3 is 0 Å². The molecular weight excluding hydrogens is 499 g/mol. The third-order valence-electron chi connectivity index (χ3n) is 5.12. The van der Waals surface area contributed by atoms with Gasteiger partial charge in [0.25, 0.3) is 11.8 Å². The van der Waals surface area contributed by atoms with Crippen LogP contribution in [0.3, 0.4) is 0 Å². The van der Waals surface area contributed by atoms with Gasteiger partial charge in [0, 0.05) is 61.8 Å². The minimum absolute atomic E-state index is 0. The van der Waals surface area contributed by atoms with E-state index in [-0.39, 0.29) is 36.6 Å². The average molecular weight is 529 g/mol. The number of hydrogen-bond acceptors (Lipinski definition) is 4. The van der Waals surface area contributed by atoms with Crippen LogP contribution in [0.5, 0.6) is 0 Å². The average Bonchev–Trinajstić information content (AvgIpc) is 2.86. The molecule has 4 N–H and O–H groups in total. The lowest BCUT2D eigenvalue weighted by atomic mass is 10.1. The molecule has 8 nitrogen and oxygen atoms in total. The fourth-order valence-corrected chi connectivity index (χ4v) is 3.44. The van der Waals surface area contributed by atoms with Gasteiger partial charge in [0.2, 0.25) is 0 Å². The second-order valence-corrected chi connectivity index (χ2v) is 7.29. The Morgan fingerprint density at radius 2 is 0.944 bits per heavy atom. The van der Waals surface area contributed by atoms with Gasteiger partial charge in [-0.15, -0.1) is 24.8 Å². The lowest BCUT2D eigenvalue weighted by molar-refractivity contribution is 0.101. The summed E-state index contributed by atoms with van der Waals surface area (Å²) in [6, 6.07) is 21.3. The van der Waals surface area contributed by atoms with Gasteiger partial charge < -0.3 is 21.3 Å². The number of hydrogen-bond donors (Lipinski definition) is 4. The number of halogens is 2. The van der Waals surface area contributed by atoms with Gasteiger partial charge in [-0.3, -0.25) is 19.6 Å². The third-order valence-corrected chi connectivity index (χ3v) is 5.12. The van der Waals surface area contributed by atoms with Crippen LogP contribution >= 0.6 is 24.8 Å². The first-order valence-electron chi connectivity index (χ1n) is 10.7. The molecule has 10 heteroatoms. The molecule has 0 bridgehead atoms. The van der Waals surface area contributed by atoms with Gasteiger partial charge in [-0.05, 0) is 48.5 Å². The molecule has 0 aliphatic heterocycles. The lowest BCUT2D eigenvalue weighted by Crippen LogP contribution is -2.20. The van der Waals surface area contributed by atoms with Crippen molar-refractivity contribution in [1.29, 1.82) is 0 Å². The maximum atomic E-state index is 12.7. The van der Waals surface area contributed by atoms with Crippen molar-refractivity contribution in [3.8, 4) is 0 Å². The van der Waals surface area contributed by atoms with Crippen molar-refractivity contribution in [3.63, 3.8) is 0 Å². The van der Waals surface area contributed by atoms with Gasteiger partial charge in [-0.2, -0.15) is 0 Å². The Labute approximate surface area is 223 Å². The van der Waals surface area contributed by atoms with Crippen LogP contribution in [0.1, 0.15) is 31.8 Å². The number of amides is 2. The maximum absolute atomic E-state index is 12.7. The zero-order valence-corrected chi connectivity index (χ0v) is 22.1. The number of rotatable bonds is 6.